The Balaban J connectivity index is 1.64. The number of ether oxygens (including phenoxy) is 2. The number of fused-ring (bicyclic) bond motifs is 3. The first kappa shape index (κ1) is 26.7. The van der Waals surface area contributed by atoms with Crippen molar-refractivity contribution >= 4 is 11.6 Å². The Kier molecular flexibility index (Phi) is 6.62. The summed E-state index contributed by atoms with van der Waals surface area (Å²) in [5.74, 6) is -2.23. The summed E-state index contributed by atoms with van der Waals surface area (Å²) >= 11 is 0. The Labute approximate surface area is 220 Å². The molecular weight excluding hydrogens is 494 g/mol. The molecule has 1 aliphatic heterocycles. The van der Waals surface area contributed by atoms with Crippen LogP contribution < -0.4 is 0 Å². The van der Waals surface area contributed by atoms with Gasteiger partial charge in [-0.1, -0.05) is 19.1 Å². The predicted octanol–water partition coefficient (Wildman–Crippen LogP) is 1.94. The van der Waals surface area contributed by atoms with E-state index in [1.807, 2.05) is 19.0 Å². The van der Waals surface area contributed by atoms with Crippen molar-refractivity contribution in [2.24, 2.45) is 0 Å². The van der Waals surface area contributed by atoms with Crippen molar-refractivity contribution in [2.45, 2.75) is 75.5 Å². The fraction of sp³-hybridized carbons (Fsp3) is 0.500. The first-order valence-corrected chi connectivity index (χ1v) is 12.8. The number of ketones is 2. The maximum Gasteiger partial charge on any atom is 0.198 e. The second-order valence-electron chi connectivity index (χ2n) is 10.7. The molecule has 10 heteroatoms. The van der Waals surface area contributed by atoms with Gasteiger partial charge in [-0.3, -0.25) is 9.59 Å². The van der Waals surface area contributed by atoms with Gasteiger partial charge in [-0.25, -0.2) is 0 Å². The Morgan fingerprint density at radius 3 is 2.45 bits per heavy atom. The molecule has 1 saturated heterocycles. The Morgan fingerprint density at radius 1 is 1.11 bits per heavy atom. The van der Waals surface area contributed by atoms with Gasteiger partial charge in [-0.05, 0) is 45.1 Å². The molecule has 5 N–H and O–H groups in total. The highest BCUT2D eigenvalue weighted by molar-refractivity contribution is 6.30. The zero-order chi connectivity index (χ0) is 27.7. The van der Waals surface area contributed by atoms with E-state index in [1.165, 1.54) is 24.3 Å². The standard InChI is InChI=1S/C28H33NO9/c1-5-28(36)11-18(31)14-9-15-21(24(33)13-7-6-8-17(30)20(13)25(15)34)26(35)22(14)27(28)38-19-10-16(29(3)4)23(32)12(2)37-19/h6-9,12,16,18-19,23,27,30-32,35-36H,5,10-11H2,1-4H3/t12?,16?,18-,19?,23?,27+,28+/m0/s1. The van der Waals surface area contributed by atoms with Gasteiger partial charge < -0.3 is 39.9 Å². The molecule has 0 saturated carbocycles. The van der Waals surface area contributed by atoms with Crippen LogP contribution in [0.2, 0.25) is 0 Å². The molecule has 0 radical (unpaired) electrons. The van der Waals surface area contributed by atoms with E-state index in [4.69, 9.17) is 9.47 Å². The van der Waals surface area contributed by atoms with Gasteiger partial charge in [0, 0.05) is 35.6 Å². The number of phenolic OH excluding ortho intramolecular Hbond substituents is 2. The quantitative estimate of drug-likeness (QED) is 0.340. The summed E-state index contributed by atoms with van der Waals surface area (Å²) in [4.78, 5) is 28.7. The minimum atomic E-state index is -1.63. The monoisotopic (exact) mass is 527 g/mol. The van der Waals surface area contributed by atoms with E-state index in [2.05, 4.69) is 0 Å². The lowest BCUT2D eigenvalue weighted by Gasteiger charge is -2.47. The van der Waals surface area contributed by atoms with Gasteiger partial charge in [0.2, 0.25) is 0 Å². The molecule has 2 aromatic rings. The molecule has 4 unspecified atom stereocenters. The minimum absolute atomic E-state index is 0.0142. The van der Waals surface area contributed by atoms with Crippen LogP contribution in [0.3, 0.4) is 0 Å². The van der Waals surface area contributed by atoms with Crippen molar-refractivity contribution in [3.63, 3.8) is 0 Å². The largest absolute Gasteiger partial charge is 0.507 e. The van der Waals surface area contributed by atoms with E-state index in [-0.39, 0.29) is 64.4 Å². The molecule has 38 heavy (non-hydrogen) atoms. The van der Waals surface area contributed by atoms with E-state index < -0.39 is 53.6 Å². The molecule has 1 fully saturated rings. The van der Waals surface area contributed by atoms with E-state index in [0.29, 0.717) is 0 Å². The molecule has 2 aliphatic carbocycles. The minimum Gasteiger partial charge on any atom is -0.507 e. The van der Waals surface area contributed by atoms with Crippen molar-refractivity contribution in [1.29, 1.82) is 0 Å². The summed E-state index contributed by atoms with van der Waals surface area (Å²) in [7, 11) is 3.65. The number of benzene rings is 2. The predicted molar refractivity (Wildman–Crippen MR) is 134 cm³/mol. The van der Waals surface area contributed by atoms with Crippen molar-refractivity contribution in [3.8, 4) is 11.5 Å². The molecule has 2 aromatic carbocycles. The molecule has 204 valence electrons. The van der Waals surface area contributed by atoms with Gasteiger partial charge in [0.15, 0.2) is 17.9 Å². The van der Waals surface area contributed by atoms with Crippen molar-refractivity contribution in [3.05, 3.63) is 57.6 Å². The summed E-state index contributed by atoms with van der Waals surface area (Å²) in [5.41, 5.74) is -2.09. The Hall–Kier alpha value is -2.86. The van der Waals surface area contributed by atoms with Crippen LogP contribution in [0.15, 0.2) is 24.3 Å². The normalized spacial score (nSPS) is 32.6. The number of carbonyl (C=O) groups is 2. The van der Waals surface area contributed by atoms with Crippen LogP contribution in [0.4, 0.5) is 0 Å². The topological polar surface area (TPSA) is 157 Å². The number of aromatic hydroxyl groups is 2. The number of nitrogens with zero attached hydrogens (tertiary/aromatic N) is 1. The number of hydrogen-bond donors (Lipinski definition) is 5. The van der Waals surface area contributed by atoms with Gasteiger partial charge in [-0.2, -0.15) is 0 Å². The van der Waals surface area contributed by atoms with Crippen LogP contribution in [0.25, 0.3) is 0 Å². The smallest absolute Gasteiger partial charge is 0.198 e. The van der Waals surface area contributed by atoms with Gasteiger partial charge in [0.05, 0.1) is 35.0 Å². The summed E-state index contributed by atoms with van der Waals surface area (Å²) in [6, 6.07) is 5.17. The molecule has 5 rings (SSSR count). The molecule has 0 bridgehead atoms. The molecule has 1 heterocycles. The molecule has 0 amide bonds. The SMILES string of the molecule is CC[C@@]1(O)C[C@H](O)c2cc3c(c(O)c2[C@H]1OC1CC(N(C)C)C(O)C(C)O1)C(=O)c1cccc(O)c1C3=O. The summed E-state index contributed by atoms with van der Waals surface area (Å²) in [5, 5.41) is 55.0. The van der Waals surface area contributed by atoms with Crippen LogP contribution in [0, 0.1) is 0 Å². The third kappa shape index (κ3) is 3.95. The third-order valence-corrected chi connectivity index (χ3v) is 8.25. The summed E-state index contributed by atoms with van der Waals surface area (Å²) in [6.07, 6.45) is -4.43. The Morgan fingerprint density at radius 2 is 1.79 bits per heavy atom. The summed E-state index contributed by atoms with van der Waals surface area (Å²) < 4.78 is 12.2. The van der Waals surface area contributed by atoms with Crippen LogP contribution >= 0.6 is 0 Å². The maximum absolute atomic E-state index is 13.5. The van der Waals surface area contributed by atoms with Gasteiger partial charge in [-0.15, -0.1) is 0 Å². The number of aliphatic hydroxyl groups excluding tert-OH is 2. The number of likely N-dealkylation sites (N-methyl/N-ethyl adjacent to an activating group) is 1. The number of phenols is 2. The van der Waals surface area contributed by atoms with E-state index >= 15 is 0 Å². The lowest BCUT2D eigenvalue weighted by molar-refractivity contribution is -0.279. The molecule has 10 nitrogen and oxygen atoms in total. The van der Waals surface area contributed by atoms with Crippen molar-refractivity contribution < 1.29 is 44.6 Å². The van der Waals surface area contributed by atoms with E-state index in [9.17, 15) is 35.1 Å². The second-order valence-corrected chi connectivity index (χ2v) is 10.7. The third-order valence-electron chi connectivity index (χ3n) is 8.25. The molecule has 3 aliphatic rings. The average molecular weight is 528 g/mol. The highest BCUT2D eigenvalue weighted by Crippen LogP contribution is 2.53. The van der Waals surface area contributed by atoms with Gasteiger partial charge in [0.25, 0.3) is 0 Å². The lowest BCUT2D eigenvalue weighted by Crippen LogP contribution is -2.54. The summed E-state index contributed by atoms with van der Waals surface area (Å²) in [6.45, 7) is 3.43. The highest BCUT2D eigenvalue weighted by atomic mass is 16.7. The zero-order valence-corrected chi connectivity index (χ0v) is 21.7. The average Bonchev–Trinajstić information content (AvgIpc) is 2.86. The van der Waals surface area contributed by atoms with Crippen LogP contribution in [-0.2, 0) is 9.47 Å². The number of carbonyl (C=O) groups excluding carboxylic acids is 2. The number of aliphatic hydroxyl groups is 3. The fourth-order valence-electron chi connectivity index (χ4n) is 6.03. The highest BCUT2D eigenvalue weighted by Gasteiger charge is 2.51. The van der Waals surface area contributed by atoms with Crippen molar-refractivity contribution in [1.82, 2.24) is 4.90 Å². The number of hydrogen-bond acceptors (Lipinski definition) is 10. The van der Waals surface area contributed by atoms with Gasteiger partial charge >= 0.3 is 0 Å². The van der Waals surface area contributed by atoms with E-state index in [1.54, 1.807) is 13.8 Å². The Bertz CT molecular complexity index is 1310. The second kappa shape index (κ2) is 9.41. The molecule has 0 aromatic heterocycles. The first-order chi connectivity index (χ1) is 17.9. The molecule has 0 spiro atoms. The molecule has 7 atom stereocenters. The van der Waals surface area contributed by atoms with Gasteiger partial charge in [0.1, 0.15) is 17.6 Å². The van der Waals surface area contributed by atoms with Crippen molar-refractivity contribution in [2.75, 3.05) is 14.1 Å². The molecular formula is C28H33NO9. The van der Waals surface area contributed by atoms with E-state index in [0.717, 1.165) is 0 Å². The van der Waals surface area contributed by atoms with Crippen LogP contribution in [-0.4, -0.2) is 86.2 Å². The fourth-order valence-corrected chi connectivity index (χ4v) is 6.03. The first-order valence-electron chi connectivity index (χ1n) is 12.8. The maximum atomic E-state index is 13.5. The van der Waals surface area contributed by atoms with Crippen LogP contribution in [0.5, 0.6) is 11.5 Å². The zero-order valence-electron chi connectivity index (χ0n) is 21.7. The van der Waals surface area contributed by atoms with Crippen LogP contribution in [0.1, 0.15) is 88.3 Å². The lowest BCUT2D eigenvalue weighted by atomic mass is 9.71. The number of rotatable bonds is 4.